The molecule has 0 N–H and O–H groups in total. The average molecular weight is 225 g/mol. The number of pyridine rings is 1. The highest BCUT2D eigenvalue weighted by atomic mass is 16.2. The van der Waals surface area contributed by atoms with Gasteiger partial charge >= 0.3 is 0 Å². The molecule has 0 aliphatic heterocycles. The van der Waals surface area contributed by atoms with Crippen molar-refractivity contribution in [3.05, 3.63) is 65.5 Å². The van der Waals surface area contributed by atoms with E-state index < -0.39 is 11.6 Å². The molecule has 0 aliphatic carbocycles. The molecule has 0 radical (unpaired) electrons. The predicted octanol–water partition coefficient (Wildman–Crippen LogP) is 2.46. The molecule has 1 aromatic heterocycles. The van der Waals surface area contributed by atoms with Crippen molar-refractivity contribution in [2.24, 2.45) is 0 Å². The molecule has 0 saturated carbocycles. The highest BCUT2D eigenvalue weighted by Gasteiger charge is 2.18. The zero-order chi connectivity index (χ0) is 12.3. The van der Waals surface area contributed by atoms with Crippen molar-refractivity contribution in [2.75, 3.05) is 0 Å². The summed E-state index contributed by atoms with van der Waals surface area (Å²) in [5.74, 6) is -1.09. The number of aromatic nitrogens is 1. The summed E-state index contributed by atoms with van der Waals surface area (Å²) in [6.07, 6.45) is 0. The minimum atomic E-state index is -0.570. The SMILES string of the molecule is Cc1cccc(C(=O)C(=O)c2ccccc2)n1. The summed E-state index contributed by atoms with van der Waals surface area (Å²) >= 11 is 0. The molecule has 1 heterocycles. The van der Waals surface area contributed by atoms with Gasteiger partial charge in [-0.1, -0.05) is 36.4 Å². The van der Waals surface area contributed by atoms with Gasteiger partial charge < -0.3 is 0 Å². The van der Waals surface area contributed by atoms with Gasteiger partial charge in [-0.25, -0.2) is 4.98 Å². The first-order valence-corrected chi connectivity index (χ1v) is 5.26. The summed E-state index contributed by atoms with van der Waals surface area (Å²) in [6.45, 7) is 1.78. The second-order valence-corrected chi connectivity index (χ2v) is 3.69. The van der Waals surface area contributed by atoms with Gasteiger partial charge in [0.1, 0.15) is 5.69 Å². The number of ketones is 2. The lowest BCUT2D eigenvalue weighted by atomic mass is 10.1. The fraction of sp³-hybridized carbons (Fsp3) is 0.0714. The van der Waals surface area contributed by atoms with Crippen molar-refractivity contribution in [3.63, 3.8) is 0 Å². The van der Waals surface area contributed by atoms with Crippen molar-refractivity contribution >= 4 is 11.6 Å². The smallest absolute Gasteiger partial charge is 0.251 e. The lowest BCUT2D eigenvalue weighted by Crippen LogP contribution is -2.16. The van der Waals surface area contributed by atoms with Crippen molar-refractivity contribution in [3.8, 4) is 0 Å². The summed E-state index contributed by atoms with van der Waals surface area (Å²) in [5.41, 5.74) is 1.30. The topological polar surface area (TPSA) is 47.0 Å². The molecule has 3 nitrogen and oxygen atoms in total. The number of nitrogens with zero attached hydrogens (tertiary/aromatic N) is 1. The Bertz CT molecular complexity index is 561. The lowest BCUT2D eigenvalue weighted by molar-refractivity contribution is 0.0814. The molecule has 3 heteroatoms. The van der Waals surface area contributed by atoms with E-state index in [1.54, 1.807) is 55.5 Å². The summed E-state index contributed by atoms with van der Waals surface area (Å²) in [7, 11) is 0. The normalized spacial score (nSPS) is 9.94. The maximum atomic E-state index is 11.9. The molecule has 0 amide bonds. The van der Waals surface area contributed by atoms with Gasteiger partial charge in [-0.05, 0) is 19.1 Å². The molecule has 0 bridgehead atoms. The van der Waals surface area contributed by atoms with Gasteiger partial charge in [0.2, 0.25) is 5.78 Å². The van der Waals surface area contributed by atoms with Gasteiger partial charge in [0.05, 0.1) is 0 Å². The Labute approximate surface area is 99.1 Å². The molecule has 0 atom stereocenters. The van der Waals surface area contributed by atoms with E-state index in [9.17, 15) is 9.59 Å². The maximum absolute atomic E-state index is 11.9. The van der Waals surface area contributed by atoms with Gasteiger partial charge in [-0.2, -0.15) is 0 Å². The second-order valence-electron chi connectivity index (χ2n) is 3.69. The first kappa shape index (κ1) is 11.2. The average Bonchev–Trinajstić information content (AvgIpc) is 2.38. The summed E-state index contributed by atoms with van der Waals surface area (Å²) in [4.78, 5) is 27.8. The Hall–Kier alpha value is -2.29. The van der Waals surface area contributed by atoms with Crippen LogP contribution in [0.2, 0.25) is 0 Å². The monoisotopic (exact) mass is 225 g/mol. The highest BCUT2D eigenvalue weighted by Crippen LogP contribution is 2.06. The number of carbonyl (C=O) groups is 2. The van der Waals surface area contributed by atoms with Crippen LogP contribution in [0.25, 0.3) is 0 Å². The molecule has 2 aromatic rings. The summed E-state index contributed by atoms with van der Waals surface area (Å²) in [6, 6.07) is 13.5. The number of Topliss-reactive ketones (excluding diaryl/α,β-unsaturated/α-hetero) is 2. The van der Waals surface area contributed by atoms with Crippen LogP contribution < -0.4 is 0 Å². The fourth-order valence-electron chi connectivity index (χ4n) is 1.51. The van der Waals surface area contributed by atoms with E-state index in [2.05, 4.69) is 4.98 Å². The third-order valence-electron chi connectivity index (χ3n) is 2.36. The quantitative estimate of drug-likeness (QED) is 0.595. The first-order valence-electron chi connectivity index (χ1n) is 5.26. The largest absolute Gasteiger partial charge is 0.285 e. The lowest BCUT2D eigenvalue weighted by Gasteiger charge is -2.00. The van der Waals surface area contributed by atoms with Gasteiger partial charge in [0.25, 0.3) is 5.78 Å². The van der Waals surface area contributed by atoms with Crippen LogP contribution in [0.1, 0.15) is 26.5 Å². The predicted molar refractivity (Wildman–Crippen MR) is 64.1 cm³/mol. The van der Waals surface area contributed by atoms with Crippen LogP contribution in [0.4, 0.5) is 0 Å². The van der Waals surface area contributed by atoms with E-state index in [-0.39, 0.29) is 5.69 Å². The van der Waals surface area contributed by atoms with Crippen LogP contribution in [0, 0.1) is 6.92 Å². The van der Waals surface area contributed by atoms with E-state index in [4.69, 9.17) is 0 Å². The first-order chi connectivity index (χ1) is 8.18. The fourth-order valence-corrected chi connectivity index (χ4v) is 1.51. The van der Waals surface area contributed by atoms with Crippen LogP contribution in [-0.2, 0) is 0 Å². The minimum Gasteiger partial charge on any atom is -0.285 e. The molecule has 1 aromatic carbocycles. The molecule has 0 saturated heterocycles. The number of rotatable bonds is 3. The molecule has 0 spiro atoms. The molecule has 0 aliphatic rings. The number of aryl methyl sites for hydroxylation is 1. The molecule has 2 rings (SSSR count). The Balaban J connectivity index is 2.30. The maximum Gasteiger partial charge on any atom is 0.251 e. The Morgan fingerprint density at radius 1 is 0.882 bits per heavy atom. The van der Waals surface area contributed by atoms with Crippen LogP contribution in [0.15, 0.2) is 48.5 Å². The van der Waals surface area contributed by atoms with Crippen molar-refractivity contribution < 1.29 is 9.59 Å². The minimum absolute atomic E-state index is 0.193. The van der Waals surface area contributed by atoms with E-state index in [1.165, 1.54) is 0 Å². The molecular weight excluding hydrogens is 214 g/mol. The van der Waals surface area contributed by atoms with Crippen LogP contribution >= 0.6 is 0 Å². The number of benzene rings is 1. The van der Waals surface area contributed by atoms with Crippen LogP contribution in [-0.4, -0.2) is 16.6 Å². The highest BCUT2D eigenvalue weighted by molar-refractivity contribution is 6.48. The second kappa shape index (κ2) is 4.70. The Morgan fingerprint density at radius 3 is 2.24 bits per heavy atom. The van der Waals surface area contributed by atoms with Crippen LogP contribution in [0.3, 0.4) is 0 Å². The Kier molecular flexibility index (Phi) is 3.10. The number of hydrogen-bond donors (Lipinski definition) is 0. The van der Waals surface area contributed by atoms with Crippen LogP contribution in [0.5, 0.6) is 0 Å². The van der Waals surface area contributed by atoms with Gasteiger partial charge in [-0.3, -0.25) is 9.59 Å². The van der Waals surface area contributed by atoms with E-state index >= 15 is 0 Å². The van der Waals surface area contributed by atoms with E-state index in [1.807, 2.05) is 0 Å². The van der Waals surface area contributed by atoms with Gasteiger partial charge in [0, 0.05) is 11.3 Å². The summed E-state index contributed by atoms with van der Waals surface area (Å²) < 4.78 is 0. The molecule has 0 fully saturated rings. The standard InChI is InChI=1S/C14H11NO2/c1-10-6-5-9-12(15-10)14(17)13(16)11-7-3-2-4-8-11/h2-9H,1H3. The molecule has 17 heavy (non-hydrogen) atoms. The number of carbonyl (C=O) groups excluding carboxylic acids is 2. The van der Waals surface area contributed by atoms with Crippen molar-refractivity contribution in [1.29, 1.82) is 0 Å². The summed E-state index contributed by atoms with van der Waals surface area (Å²) in [5, 5.41) is 0. The van der Waals surface area contributed by atoms with Crippen molar-refractivity contribution in [1.82, 2.24) is 4.98 Å². The zero-order valence-corrected chi connectivity index (χ0v) is 9.38. The van der Waals surface area contributed by atoms with Crippen molar-refractivity contribution in [2.45, 2.75) is 6.92 Å². The van der Waals surface area contributed by atoms with Gasteiger partial charge in [-0.15, -0.1) is 0 Å². The van der Waals surface area contributed by atoms with E-state index in [0.717, 1.165) is 5.69 Å². The number of hydrogen-bond acceptors (Lipinski definition) is 3. The molecular formula is C14H11NO2. The third-order valence-corrected chi connectivity index (χ3v) is 2.36. The molecule has 84 valence electrons. The molecule has 0 unspecified atom stereocenters. The third kappa shape index (κ3) is 2.45. The van der Waals surface area contributed by atoms with Gasteiger partial charge in [0.15, 0.2) is 0 Å². The Morgan fingerprint density at radius 2 is 1.59 bits per heavy atom. The van der Waals surface area contributed by atoms with E-state index in [0.29, 0.717) is 5.56 Å². The zero-order valence-electron chi connectivity index (χ0n) is 9.38.